The summed E-state index contributed by atoms with van der Waals surface area (Å²) in [6.45, 7) is 9.23. The second-order valence-electron chi connectivity index (χ2n) is 14.7. The Morgan fingerprint density at radius 3 is 1.65 bits per heavy atom. The van der Waals surface area contributed by atoms with Crippen LogP contribution >= 0.6 is 0 Å². The zero-order valence-corrected chi connectivity index (χ0v) is 27.8. The minimum atomic E-state index is -0.348. The molecule has 3 heteroatoms. The molecule has 0 unspecified atom stereocenters. The van der Waals surface area contributed by atoms with E-state index in [9.17, 15) is 10.5 Å². The van der Waals surface area contributed by atoms with Gasteiger partial charge in [-0.1, -0.05) is 107 Å². The molecule has 0 saturated carbocycles. The van der Waals surface area contributed by atoms with Crippen LogP contribution in [-0.4, -0.2) is 4.57 Å². The minimum Gasteiger partial charge on any atom is -0.309 e. The molecule has 230 valence electrons. The van der Waals surface area contributed by atoms with Crippen molar-refractivity contribution in [2.24, 2.45) is 0 Å². The summed E-state index contributed by atoms with van der Waals surface area (Å²) in [6, 6.07) is 46.1. The maximum atomic E-state index is 10.2. The van der Waals surface area contributed by atoms with Crippen molar-refractivity contribution in [1.82, 2.24) is 4.57 Å². The van der Waals surface area contributed by atoms with Gasteiger partial charge in [0.15, 0.2) is 0 Å². The number of hydrogen-bond acceptors (Lipinski definition) is 2. The lowest BCUT2D eigenvalue weighted by Gasteiger charge is -2.24. The fraction of sp³-hybridized carbons (Fsp3) is 0.130. The van der Waals surface area contributed by atoms with Gasteiger partial charge in [0.2, 0.25) is 0 Å². The van der Waals surface area contributed by atoms with Crippen molar-refractivity contribution in [2.75, 3.05) is 0 Å². The van der Waals surface area contributed by atoms with Gasteiger partial charge in [0.25, 0.3) is 0 Å². The first-order chi connectivity index (χ1) is 23.8. The zero-order chi connectivity index (χ0) is 33.4. The molecule has 0 atom stereocenters. The molecule has 0 saturated heterocycles. The molecule has 0 amide bonds. The zero-order valence-electron chi connectivity index (χ0n) is 27.8. The number of hydrogen-bond donors (Lipinski definition) is 0. The van der Waals surface area contributed by atoms with E-state index in [1.54, 1.807) is 0 Å². The summed E-state index contributed by atoms with van der Waals surface area (Å²) in [5, 5.41) is 27.1. The van der Waals surface area contributed by atoms with Gasteiger partial charge < -0.3 is 4.57 Å². The van der Waals surface area contributed by atoms with Crippen LogP contribution in [0.25, 0.3) is 71.3 Å². The number of nitriles is 2. The third kappa shape index (κ3) is 3.35. The average molecular weight is 626 g/mol. The van der Waals surface area contributed by atoms with Crippen LogP contribution in [-0.2, 0) is 10.8 Å². The van der Waals surface area contributed by atoms with Crippen molar-refractivity contribution >= 4 is 43.4 Å². The SMILES string of the molecule is CC1(C)c2cc3c4ccc5c(c4n(-c4ccccc4)c3cc2-c2c1cc(C#N)c1ccccc21)C(C)(C)c1cc(C#N)c2ccccc2c1-5. The molecule has 49 heavy (non-hydrogen) atoms. The maximum Gasteiger partial charge on any atom is 0.0998 e. The normalized spacial score (nSPS) is 14.8. The van der Waals surface area contributed by atoms with E-state index in [0.29, 0.717) is 0 Å². The summed E-state index contributed by atoms with van der Waals surface area (Å²) in [6.07, 6.45) is 0. The van der Waals surface area contributed by atoms with Gasteiger partial charge in [-0.3, -0.25) is 0 Å². The van der Waals surface area contributed by atoms with E-state index < -0.39 is 0 Å². The van der Waals surface area contributed by atoms with Crippen LogP contribution in [0.15, 0.2) is 115 Å². The summed E-state index contributed by atoms with van der Waals surface area (Å²) in [7, 11) is 0. The molecule has 0 radical (unpaired) electrons. The lowest BCUT2D eigenvalue weighted by atomic mass is 9.80. The van der Waals surface area contributed by atoms with Crippen molar-refractivity contribution in [3.63, 3.8) is 0 Å². The molecule has 0 bridgehead atoms. The Morgan fingerprint density at radius 1 is 0.490 bits per heavy atom. The smallest absolute Gasteiger partial charge is 0.0998 e. The first kappa shape index (κ1) is 27.9. The fourth-order valence-electron chi connectivity index (χ4n) is 9.34. The van der Waals surface area contributed by atoms with E-state index in [4.69, 9.17) is 0 Å². The standard InChI is InChI=1S/C46H31N3/c1-45(2)37-22-35-33-18-19-34-41-31-16-10-8-14-29(31)27(25-48)21-39(41)46(3,4)43(34)44(33)49(28-12-6-5-7-13-28)40(35)23-36(37)42-32-17-11-9-15-30(32)26(24-47)20-38(42)45/h5-23H,1-4H3. The van der Waals surface area contributed by atoms with Gasteiger partial charge in [-0.15, -0.1) is 0 Å². The fourth-order valence-corrected chi connectivity index (χ4v) is 9.34. The molecule has 1 heterocycles. The quantitative estimate of drug-likeness (QED) is 0.182. The van der Waals surface area contributed by atoms with Crippen molar-refractivity contribution < 1.29 is 0 Å². The topological polar surface area (TPSA) is 52.5 Å². The van der Waals surface area contributed by atoms with E-state index in [2.05, 4.69) is 148 Å². The number of benzene rings is 7. The van der Waals surface area contributed by atoms with Crippen molar-refractivity contribution in [2.45, 2.75) is 38.5 Å². The van der Waals surface area contributed by atoms with Gasteiger partial charge >= 0.3 is 0 Å². The molecular weight excluding hydrogens is 595 g/mol. The summed E-state index contributed by atoms with van der Waals surface area (Å²) < 4.78 is 2.47. The van der Waals surface area contributed by atoms with Crippen molar-refractivity contribution in [3.8, 4) is 40.1 Å². The van der Waals surface area contributed by atoms with Gasteiger partial charge in [0, 0.05) is 38.1 Å². The lowest BCUT2D eigenvalue weighted by molar-refractivity contribution is 0.661. The van der Waals surface area contributed by atoms with E-state index in [1.807, 2.05) is 12.1 Å². The second kappa shape index (κ2) is 9.25. The molecule has 2 aliphatic rings. The third-order valence-corrected chi connectivity index (χ3v) is 11.6. The van der Waals surface area contributed by atoms with E-state index >= 15 is 0 Å². The lowest BCUT2D eigenvalue weighted by Crippen LogP contribution is -2.17. The Kier molecular flexibility index (Phi) is 5.27. The van der Waals surface area contributed by atoms with Crippen LogP contribution < -0.4 is 0 Å². The second-order valence-corrected chi connectivity index (χ2v) is 14.7. The van der Waals surface area contributed by atoms with E-state index in [1.165, 1.54) is 66.3 Å². The van der Waals surface area contributed by atoms with Crippen LogP contribution in [0.3, 0.4) is 0 Å². The summed E-state index contributed by atoms with van der Waals surface area (Å²) in [5.41, 5.74) is 14.2. The molecule has 0 spiro atoms. The summed E-state index contributed by atoms with van der Waals surface area (Å²) in [5.74, 6) is 0. The third-order valence-electron chi connectivity index (χ3n) is 11.6. The minimum absolute atomic E-state index is 0.283. The highest BCUT2D eigenvalue weighted by Gasteiger charge is 2.42. The highest BCUT2D eigenvalue weighted by molar-refractivity contribution is 6.17. The highest BCUT2D eigenvalue weighted by Crippen LogP contribution is 2.57. The van der Waals surface area contributed by atoms with Gasteiger partial charge in [-0.25, -0.2) is 0 Å². The average Bonchev–Trinajstić information content (AvgIpc) is 3.66. The summed E-state index contributed by atoms with van der Waals surface area (Å²) >= 11 is 0. The number of nitrogens with zero attached hydrogens (tertiary/aromatic N) is 3. The predicted octanol–water partition coefficient (Wildman–Crippen LogP) is 11.4. The van der Waals surface area contributed by atoms with E-state index in [0.717, 1.165) is 38.4 Å². The van der Waals surface area contributed by atoms with Gasteiger partial charge in [-0.2, -0.15) is 10.5 Å². The first-order valence-electron chi connectivity index (χ1n) is 16.9. The largest absolute Gasteiger partial charge is 0.309 e. The monoisotopic (exact) mass is 625 g/mol. The van der Waals surface area contributed by atoms with E-state index in [-0.39, 0.29) is 10.8 Å². The molecule has 0 N–H and O–H groups in total. The molecule has 3 nitrogen and oxygen atoms in total. The van der Waals surface area contributed by atoms with Crippen LogP contribution in [0, 0.1) is 22.7 Å². The number of para-hydroxylation sites is 1. The highest BCUT2D eigenvalue weighted by atomic mass is 15.0. The van der Waals surface area contributed by atoms with Crippen LogP contribution in [0.4, 0.5) is 0 Å². The van der Waals surface area contributed by atoms with Crippen LogP contribution in [0.2, 0.25) is 0 Å². The first-order valence-corrected chi connectivity index (χ1v) is 16.9. The Hall–Kier alpha value is -6.16. The maximum absolute atomic E-state index is 10.2. The Labute approximate surface area is 284 Å². The van der Waals surface area contributed by atoms with Crippen molar-refractivity contribution in [1.29, 1.82) is 10.5 Å². The number of fused-ring (bicyclic) bond motifs is 14. The molecule has 2 aliphatic carbocycles. The number of rotatable bonds is 1. The summed E-state index contributed by atoms with van der Waals surface area (Å²) in [4.78, 5) is 0. The number of aromatic nitrogens is 1. The van der Waals surface area contributed by atoms with Gasteiger partial charge in [0.05, 0.1) is 34.3 Å². The molecule has 0 aliphatic heterocycles. The molecular formula is C46H31N3. The Bertz CT molecular complexity index is 2890. The molecule has 1 aromatic heterocycles. The Morgan fingerprint density at radius 2 is 1.04 bits per heavy atom. The molecule has 0 fully saturated rings. The predicted molar refractivity (Wildman–Crippen MR) is 200 cm³/mol. The van der Waals surface area contributed by atoms with Crippen molar-refractivity contribution in [3.05, 3.63) is 149 Å². The molecule has 7 aromatic carbocycles. The Balaban J connectivity index is 1.38. The molecule has 10 rings (SSSR count). The van der Waals surface area contributed by atoms with Gasteiger partial charge in [0.1, 0.15) is 0 Å². The van der Waals surface area contributed by atoms with Crippen LogP contribution in [0.1, 0.15) is 61.1 Å². The van der Waals surface area contributed by atoms with Gasteiger partial charge in [-0.05, 0) is 91.7 Å². The van der Waals surface area contributed by atoms with Crippen LogP contribution in [0.5, 0.6) is 0 Å². The molecule has 8 aromatic rings.